The molecule has 156 valence electrons. The molecule has 1 aliphatic carbocycles. The number of alkyl carbamates (subject to hydrolysis) is 1. The minimum Gasteiger partial charge on any atom is -0.444 e. The highest BCUT2D eigenvalue weighted by Crippen LogP contribution is 2.43. The summed E-state index contributed by atoms with van der Waals surface area (Å²) in [5, 5.41) is 3.90. The first-order valence-electron chi connectivity index (χ1n) is 8.94. The number of ether oxygens (including phenoxy) is 1. The van der Waals surface area contributed by atoms with Gasteiger partial charge in [0.15, 0.2) is 5.82 Å². The molecule has 1 fully saturated rings. The minimum absolute atomic E-state index is 0.0190. The maximum Gasteiger partial charge on any atom is 0.407 e. The average molecular weight is 420 g/mol. The topological polar surface area (TPSA) is 41.6 Å². The Morgan fingerprint density at radius 1 is 1.43 bits per heavy atom. The van der Waals surface area contributed by atoms with Crippen molar-refractivity contribution in [2.45, 2.75) is 63.9 Å². The normalized spacial score (nSPS) is 16.0. The Kier molecular flexibility index (Phi) is 6.99. The van der Waals surface area contributed by atoms with E-state index in [2.05, 4.69) is 11.2 Å². The first-order valence-corrected chi connectivity index (χ1v) is 9.82. The standard InChI is InChI=1S/C19H24F4N2O2S/c1-5-12-11-28-16(15(12)20)14(10-19(21,22)23)25(13-6-7-13)9-8-24-17(26)27-18(2,3)4/h1,11,13-14H,6-10H2,2-4H3,(H,24,26). The van der Waals surface area contributed by atoms with Gasteiger partial charge >= 0.3 is 12.3 Å². The van der Waals surface area contributed by atoms with E-state index in [-0.39, 0.29) is 29.6 Å². The van der Waals surface area contributed by atoms with Gasteiger partial charge in [-0.1, -0.05) is 5.92 Å². The van der Waals surface area contributed by atoms with Crippen LogP contribution in [0.25, 0.3) is 0 Å². The highest BCUT2D eigenvalue weighted by Gasteiger charge is 2.42. The number of thiophene rings is 1. The van der Waals surface area contributed by atoms with Gasteiger partial charge in [0.05, 0.1) is 22.9 Å². The Balaban J connectivity index is 2.14. The smallest absolute Gasteiger partial charge is 0.407 e. The summed E-state index contributed by atoms with van der Waals surface area (Å²) in [4.78, 5) is 13.4. The number of halogens is 4. The van der Waals surface area contributed by atoms with Gasteiger partial charge in [0, 0.05) is 24.5 Å². The molecule has 1 N–H and O–H groups in total. The zero-order chi connectivity index (χ0) is 21.1. The Morgan fingerprint density at radius 2 is 2.07 bits per heavy atom. The monoisotopic (exact) mass is 420 g/mol. The van der Waals surface area contributed by atoms with Gasteiger partial charge in [0.1, 0.15) is 5.60 Å². The molecule has 1 unspecified atom stereocenters. The molecule has 9 heteroatoms. The van der Waals surface area contributed by atoms with E-state index in [4.69, 9.17) is 11.2 Å². The van der Waals surface area contributed by atoms with E-state index in [1.165, 1.54) is 5.38 Å². The largest absolute Gasteiger partial charge is 0.444 e. The molecule has 1 heterocycles. The van der Waals surface area contributed by atoms with Crippen LogP contribution in [0.3, 0.4) is 0 Å². The maximum absolute atomic E-state index is 14.5. The Bertz CT molecular complexity index is 730. The van der Waals surface area contributed by atoms with Crippen LogP contribution in [0.4, 0.5) is 22.4 Å². The van der Waals surface area contributed by atoms with Gasteiger partial charge in [0.2, 0.25) is 0 Å². The molecule has 1 atom stereocenters. The molecule has 0 aromatic carbocycles. The number of carbonyl (C=O) groups excluding carboxylic acids is 1. The number of alkyl halides is 3. The van der Waals surface area contributed by atoms with Crippen LogP contribution in [0.2, 0.25) is 0 Å². The molecule has 1 aromatic heterocycles. The van der Waals surface area contributed by atoms with Gasteiger partial charge in [0.25, 0.3) is 0 Å². The number of amides is 1. The van der Waals surface area contributed by atoms with Gasteiger partial charge in [-0.25, -0.2) is 9.18 Å². The van der Waals surface area contributed by atoms with Crippen molar-refractivity contribution in [1.29, 1.82) is 0 Å². The van der Waals surface area contributed by atoms with E-state index in [9.17, 15) is 22.4 Å². The van der Waals surface area contributed by atoms with Crippen molar-refractivity contribution < 1.29 is 27.1 Å². The van der Waals surface area contributed by atoms with Crippen LogP contribution in [0, 0.1) is 18.2 Å². The summed E-state index contributed by atoms with van der Waals surface area (Å²) in [7, 11) is 0. The van der Waals surface area contributed by atoms with E-state index in [0.717, 1.165) is 24.2 Å². The van der Waals surface area contributed by atoms with Crippen molar-refractivity contribution in [2.24, 2.45) is 0 Å². The fourth-order valence-electron chi connectivity index (χ4n) is 2.86. The SMILES string of the molecule is C#Cc1csc(C(CC(F)(F)F)N(CCNC(=O)OC(C)(C)C)C2CC2)c1F. The van der Waals surface area contributed by atoms with Gasteiger partial charge in [-0.15, -0.1) is 17.8 Å². The zero-order valence-corrected chi connectivity index (χ0v) is 16.8. The van der Waals surface area contributed by atoms with E-state index < -0.39 is 36.2 Å². The zero-order valence-electron chi connectivity index (χ0n) is 16.0. The lowest BCUT2D eigenvalue weighted by Gasteiger charge is -2.32. The van der Waals surface area contributed by atoms with Crippen molar-refractivity contribution in [1.82, 2.24) is 10.2 Å². The van der Waals surface area contributed by atoms with Crippen molar-refractivity contribution in [3.63, 3.8) is 0 Å². The van der Waals surface area contributed by atoms with E-state index in [1.807, 2.05) is 0 Å². The molecule has 0 aliphatic heterocycles. The summed E-state index contributed by atoms with van der Waals surface area (Å²) >= 11 is 0.899. The molecular weight excluding hydrogens is 396 g/mol. The van der Waals surface area contributed by atoms with Crippen LogP contribution in [0.15, 0.2) is 5.38 Å². The molecule has 2 rings (SSSR count). The molecule has 0 spiro atoms. The third-order valence-corrected chi connectivity index (χ3v) is 5.15. The number of nitrogens with one attached hydrogen (secondary N) is 1. The lowest BCUT2D eigenvalue weighted by Crippen LogP contribution is -2.41. The van der Waals surface area contributed by atoms with E-state index in [1.54, 1.807) is 25.7 Å². The summed E-state index contributed by atoms with van der Waals surface area (Å²) in [5.41, 5.74) is -0.708. The van der Waals surface area contributed by atoms with Gasteiger partial charge < -0.3 is 10.1 Å². The second-order valence-electron chi connectivity index (χ2n) is 7.70. The molecule has 1 aliphatic rings. The predicted molar refractivity (Wildman–Crippen MR) is 99.6 cm³/mol. The highest BCUT2D eigenvalue weighted by atomic mass is 32.1. The molecule has 1 saturated carbocycles. The summed E-state index contributed by atoms with van der Waals surface area (Å²) in [6, 6.07) is -1.26. The van der Waals surface area contributed by atoms with Gasteiger partial charge in [-0.3, -0.25) is 4.90 Å². The van der Waals surface area contributed by atoms with Crippen molar-refractivity contribution >= 4 is 17.4 Å². The van der Waals surface area contributed by atoms with E-state index >= 15 is 0 Å². The van der Waals surface area contributed by atoms with Crippen molar-refractivity contribution in [2.75, 3.05) is 13.1 Å². The fourth-order valence-corrected chi connectivity index (χ4v) is 3.87. The summed E-state index contributed by atoms with van der Waals surface area (Å²) in [6.45, 7) is 5.38. The highest BCUT2D eigenvalue weighted by molar-refractivity contribution is 7.10. The molecule has 0 radical (unpaired) electrons. The molecule has 28 heavy (non-hydrogen) atoms. The average Bonchev–Trinajstić information content (AvgIpc) is 3.30. The lowest BCUT2D eigenvalue weighted by molar-refractivity contribution is -0.148. The molecule has 1 aromatic rings. The number of nitrogens with zero attached hydrogens (tertiary/aromatic N) is 1. The van der Waals surface area contributed by atoms with Crippen LogP contribution in [-0.2, 0) is 4.74 Å². The third kappa shape index (κ3) is 6.67. The number of terminal acetylenes is 1. The number of hydrogen-bond donors (Lipinski definition) is 1. The second-order valence-corrected chi connectivity index (χ2v) is 8.62. The van der Waals surface area contributed by atoms with Crippen LogP contribution < -0.4 is 5.32 Å². The molecule has 0 saturated heterocycles. The molecular formula is C19H24F4N2O2S. The fraction of sp³-hybridized carbons (Fsp3) is 0.632. The van der Waals surface area contributed by atoms with Gasteiger partial charge in [-0.05, 0) is 33.6 Å². The quantitative estimate of drug-likeness (QED) is 0.506. The number of hydrogen-bond acceptors (Lipinski definition) is 4. The Labute approximate surface area is 166 Å². The number of carbonyl (C=O) groups is 1. The first kappa shape index (κ1) is 22.5. The Morgan fingerprint density at radius 3 is 2.54 bits per heavy atom. The number of rotatable bonds is 7. The molecule has 0 bridgehead atoms. The second kappa shape index (κ2) is 8.70. The van der Waals surface area contributed by atoms with E-state index in [0.29, 0.717) is 0 Å². The molecule has 1 amide bonds. The summed E-state index contributed by atoms with van der Waals surface area (Å²) in [6.07, 6.45) is 0.389. The lowest BCUT2D eigenvalue weighted by atomic mass is 10.1. The van der Waals surface area contributed by atoms with Crippen molar-refractivity contribution in [3.8, 4) is 12.3 Å². The predicted octanol–water partition coefficient (Wildman–Crippen LogP) is 4.85. The summed E-state index contributed by atoms with van der Waals surface area (Å²) in [5.74, 6) is 1.39. The molecule has 4 nitrogen and oxygen atoms in total. The van der Waals surface area contributed by atoms with Crippen LogP contribution in [-0.4, -0.2) is 41.9 Å². The minimum atomic E-state index is -4.47. The van der Waals surface area contributed by atoms with Gasteiger partial charge in [-0.2, -0.15) is 13.2 Å². The van der Waals surface area contributed by atoms with Crippen LogP contribution in [0.1, 0.15) is 56.5 Å². The van der Waals surface area contributed by atoms with Crippen LogP contribution >= 0.6 is 11.3 Å². The maximum atomic E-state index is 14.5. The van der Waals surface area contributed by atoms with Crippen molar-refractivity contribution in [3.05, 3.63) is 21.6 Å². The Hall–Kier alpha value is -1.79. The van der Waals surface area contributed by atoms with Crippen LogP contribution in [0.5, 0.6) is 0 Å². The first-order chi connectivity index (χ1) is 12.9. The third-order valence-electron chi connectivity index (χ3n) is 4.09. The summed E-state index contributed by atoms with van der Waals surface area (Å²) < 4.78 is 59.3.